The van der Waals surface area contributed by atoms with E-state index in [0.29, 0.717) is 11.9 Å². The molecule has 0 aromatic rings. The molecular formula is C9H14O2. The van der Waals surface area contributed by atoms with Crippen LogP contribution in [0.3, 0.4) is 0 Å². The summed E-state index contributed by atoms with van der Waals surface area (Å²) in [6, 6.07) is 0. The minimum atomic E-state index is 0.456. The fourth-order valence-electron chi connectivity index (χ4n) is 1.81. The molecule has 62 valence electrons. The van der Waals surface area contributed by atoms with Crippen LogP contribution in [-0.2, 0) is 9.53 Å². The number of carbonyl (C=O) groups excluding carboxylic acids is 1. The van der Waals surface area contributed by atoms with Gasteiger partial charge >= 0.3 is 0 Å². The topological polar surface area (TPSA) is 29.6 Å². The predicted molar refractivity (Wildman–Crippen MR) is 41.3 cm³/mol. The van der Waals surface area contributed by atoms with E-state index in [1.807, 2.05) is 0 Å². The second-order valence-electron chi connectivity index (χ2n) is 3.67. The Kier molecular flexibility index (Phi) is 1.95. The number of carbonyl (C=O) groups is 1. The molecule has 1 unspecified atom stereocenters. The molecule has 0 radical (unpaired) electrons. The summed E-state index contributed by atoms with van der Waals surface area (Å²) in [5, 5.41) is 0. The molecule has 0 aromatic heterocycles. The van der Waals surface area contributed by atoms with Crippen LogP contribution < -0.4 is 0 Å². The molecular weight excluding hydrogens is 140 g/mol. The zero-order valence-electron chi connectivity index (χ0n) is 6.71. The van der Waals surface area contributed by atoms with E-state index in [4.69, 9.17) is 4.74 Å². The summed E-state index contributed by atoms with van der Waals surface area (Å²) in [7, 11) is 0. The van der Waals surface area contributed by atoms with Crippen molar-refractivity contribution in [3.05, 3.63) is 0 Å². The second-order valence-corrected chi connectivity index (χ2v) is 3.67. The number of epoxide rings is 1. The van der Waals surface area contributed by atoms with Crippen LogP contribution in [-0.4, -0.2) is 18.5 Å². The first-order valence-corrected chi connectivity index (χ1v) is 4.48. The normalized spacial score (nSPS) is 32.4. The molecule has 1 heterocycles. The van der Waals surface area contributed by atoms with Crippen molar-refractivity contribution >= 4 is 5.78 Å². The minimum Gasteiger partial charge on any atom is -0.373 e. The molecule has 0 N–H and O–H groups in total. The van der Waals surface area contributed by atoms with Crippen molar-refractivity contribution in [2.45, 2.75) is 38.2 Å². The molecule has 1 aliphatic carbocycles. The van der Waals surface area contributed by atoms with Gasteiger partial charge in [0.1, 0.15) is 5.78 Å². The summed E-state index contributed by atoms with van der Waals surface area (Å²) >= 11 is 0. The van der Waals surface area contributed by atoms with Gasteiger partial charge in [-0.25, -0.2) is 0 Å². The number of ketones is 1. The van der Waals surface area contributed by atoms with Gasteiger partial charge in [0, 0.05) is 12.8 Å². The van der Waals surface area contributed by atoms with Gasteiger partial charge in [0.05, 0.1) is 12.7 Å². The molecule has 1 atom stereocenters. The Morgan fingerprint density at radius 2 is 2.00 bits per heavy atom. The summed E-state index contributed by atoms with van der Waals surface area (Å²) in [5.41, 5.74) is 0. The maximum atomic E-state index is 10.9. The molecule has 1 saturated heterocycles. The van der Waals surface area contributed by atoms with E-state index in [0.717, 1.165) is 38.2 Å². The van der Waals surface area contributed by atoms with Gasteiger partial charge in [-0.15, -0.1) is 0 Å². The van der Waals surface area contributed by atoms with Crippen LogP contribution in [0.1, 0.15) is 32.1 Å². The molecule has 1 saturated carbocycles. The van der Waals surface area contributed by atoms with Gasteiger partial charge in [-0.2, -0.15) is 0 Å². The highest BCUT2D eigenvalue weighted by Gasteiger charge is 2.28. The standard InChI is InChI=1S/C9H14O2/c10-8-3-1-7(2-4-8)5-9-6-11-9/h7,9H,1-6H2. The van der Waals surface area contributed by atoms with Gasteiger partial charge < -0.3 is 4.74 Å². The Hall–Kier alpha value is -0.370. The van der Waals surface area contributed by atoms with Gasteiger partial charge in [0.2, 0.25) is 0 Å². The van der Waals surface area contributed by atoms with E-state index >= 15 is 0 Å². The van der Waals surface area contributed by atoms with Crippen LogP contribution in [0.4, 0.5) is 0 Å². The lowest BCUT2D eigenvalue weighted by Crippen LogP contribution is -2.15. The Balaban J connectivity index is 1.73. The maximum absolute atomic E-state index is 10.9. The van der Waals surface area contributed by atoms with E-state index in [1.54, 1.807) is 0 Å². The van der Waals surface area contributed by atoms with E-state index in [2.05, 4.69) is 0 Å². The average molecular weight is 154 g/mol. The van der Waals surface area contributed by atoms with Gasteiger partial charge in [0.25, 0.3) is 0 Å². The molecule has 0 spiro atoms. The second kappa shape index (κ2) is 2.94. The minimum absolute atomic E-state index is 0.456. The van der Waals surface area contributed by atoms with Crippen molar-refractivity contribution in [3.63, 3.8) is 0 Å². The van der Waals surface area contributed by atoms with Crippen molar-refractivity contribution in [1.29, 1.82) is 0 Å². The first kappa shape index (κ1) is 7.29. The Morgan fingerprint density at radius 3 is 2.55 bits per heavy atom. The summed E-state index contributed by atoms with van der Waals surface area (Å²) < 4.78 is 5.15. The van der Waals surface area contributed by atoms with Crippen molar-refractivity contribution < 1.29 is 9.53 Å². The lowest BCUT2D eigenvalue weighted by Gasteiger charge is -2.19. The van der Waals surface area contributed by atoms with Gasteiger partial charge in [-0.05, 0) is 25.2 Å². The highest BCUT2D eigenvalue weighted by Crippen LogP contribution is 2.29. The number of Topliss-reactive ketones (excluding diaryl/α,β-unsaturated/α-hetero) is 1. The highest BCUT2D eigenvalue weighted by molar-refractivity contribution is 5.78. The summed E-state index contributed by atoms with van der Waals surface area (Å²) in [4.78, 5) is 10.9. The SMILES string of the molecule is O=C1CCC(CC2CO2)CC1. The Morgan fingerprint density at radius 1 is 1.36 bits per heavy atom. The van der Waals surface area contributed by atoms with Gasteiger partial charge in [-0.3, -0.25) is 4.79 Å². The third kappa shape index (κ3) is 2.03. The molecule has 2 heteroatoms. The van der Waals surface area contributed by atoms with Crippen molar-refractivity contribution in [1.82, 2.24) is 0 Å². The maximum Gasteiger partial charge on any atom is 0.132 e. The monoisotopic (exact) mass is 154 g/mol. The van der Waals surface area contributed by atoms with Gasteiger partial charge in [-0.1, -0.05) is 0 Å². The predicted octanol–water partition coefficient (Wildman–Crippen LogP) is 1.53. The highest BCUT2D eigenvalue weighted by atomic mass is 16.6. The zero-order chi connectivity index (χ0) is 7.68. The molecule has 1 aliphatic heterocycles. The van der Waals surface area contributed by atoms with E-state index < -0.39 is 0 Å². The number of hydrogen-bond donors (Lipinski definition) is 0. The molecule has 0 amide bonds. The first-order valence-electron chi connectivity index (χ1n) is 4.48. The van der Waals surface area contributed by atoms with Crippen LogP contribution in [0, 0.1) is 5.92 Å². The van der Waals surface area contributed by atoms with Crippen LogP contribution in [0.15, 0.2) is 0 Å². The van der Waals surface area contributed by atoms with Gasteiger partial charge in [0.15, 0.2) is 0 Å². The zero-order valence-corrected chi connectivity index (χ0v) is 6.71. The Labute approximate surface area is 66.9 Å². The summed E-state index contributed by atoms with van der Waals surface area (Å²) in [6.07, 6.45) is 5.60. The quantitative estimate of drug-likeness (QED) is 0.564. The smallest absolute Gasteiger partial charge is 0.132 e. The lowest BCUT2D eigenvalue weighted by molar-refractivity contribution is -0.121. The van der Waals surface area contributed by atoms with E-state index in [-0.39, 0.29) is 0 Å². The third-order valence-corrected chi connectivity index (χ3v) is 2.66. The summed E-state index contributed by atoms with van der Waals surface area (Å²) in [6.45, 7) is 0.963. The van der Waals surface area contributed by atoms with Crippen LogP contribution in [0.2, 0.25) is 0 Å². The van der Waals surface area contributed by atoms with Crippen LogP contribution in [0.5, 0.6) is 0 Å². The van der Waals surface area contributed by atoms with Crippen LogP contribution in [0.25, 0.3) is 0 Å². The molecule has 2 aliphatic rings. The molecule has 0 aromatic carbocycles. The first-order chi connectivity index (χ1) is 5.34. The summed E-state index contributed by atoms with van der Waals surface area (Å²) in [5.74, 6) is 1.23. The largest absolute Gasteiger partial charge is 0.373 e. The lowest BCUT2D eigenvalue weighted by atomic mass is 9.85. The van der Waals surface area contributed by atoms with Crippen molar-refractivity contribution in [2.24, 2.45) is 5.92 Å². The van der Waals surface area contributed by atoms with E-state index in [1.165, 1.54) is 6.42 Å². The van der Waals surface area contributed by atoms with Crippen LogP contribution >= 0.6 is 0 Å². The van der Waals surface area contributed by atoms with Crippen molar-refractivity contribution in [2.75, 3.05) is 6.61 Å². The third-order valence-electron chi connectivity index (χ3n) is 2.66. The fourth-order valence-corrected chi connectivity index (χ4v) is 1.81. The van der Waals surface area contributed by atoms with E-state index in [9.17, 15) is 4.79 Å². The Bertz CT molecular complexity index is 151. The number of rotatable bonds is 2. The molecule has 2 rings (SSSR count). The van der Waals surface area contributed by atoms with Crippen molar-refractivity contribution in [3.8, 4) is 0 Å². The average Bonchev–Trinajstić information content (AvgIpc) is 2.78. The molecule has 0 bridgehead atoms. The molecule has 2 fully saturated rings. The fraction of sp³-hybridized carbons (Fsp3) is 0.889. The molecule has 2 nitrogen and oxygen atoms in total. The molecule has 11 heavy (non-hydrogen) atoms. The number of hydrogen-bond acceptors (Lipinski definition) is 2. The number of ether oxygens (including phenoxy) is 1.